The van der Waals surface area contributed by atoms with Crippen LogP contribution in [0.4, 0.5) is 18.9 Å². The average molecular weight is 474 g/mol. The Kier molecular flexibility index (Phi) is 6.66. The summed E-state index contributed by atoms with van der Waals surface area (Å²) in [6, 6.07) is 6.04. The molecule has 3 aromatic rings. The molecule has 3 rings (SSSR count). The van der Waals surface area contributed by atoms with Crippen LogP contribution in [-0.2, 0) is 11.3 Å². The van der Waals surface area contributed by atoms with Gasteiger partial charge in [0.05, 0.1) is 20.4 Å². The van der Waals surface area contributed by atoms with Gasteiger partial charge in [-0.05, 0) is 27.4 Å². The third-order valence-corrected chi connectivity index (χ3v) is 5.70. The van der Waals surface area contributed by atoms with E-state index in [1.165, 1.54) is 4.88 Å². The van der Waals surface area contributed by atoms with Crippen LogP contribution >= 0.6 is 50.2 Å². The standard InChI is InChI=1S/C12H8BrClN2S2.C2HF3O2/c13-8-6-18-12-9(4-10(14)16-11(8)12)15-5-7-2-1-3-17-7;3-2(4,5)1(6)7/h1-4,6H,5H2,(H,15,16);(H,6,7). The van der Waals surface area contributed by atoms with Crippen molar-refractivity contribution in [3.8, 4) is 0 Å². The number of alkyl halides is 3. The van der Waals surface area contributed by atoms with Gasteiger partial charge in [0.25, 0.3) is 0 Å². The summed E-state index contributed by atoms with van der Waals surface area (Å²) in [5.41, 5.74) is 1.95. The van der Waals surface area contributed by atoms with Crippen LogP contribution in [-0.4, -0.2) is 22.2 Å². The molecule has 0 aliphatic carbocycles. The minimum absolute atomic E-state index is 0.510. The van der Waals surface area contributed by atoms with Crippen LogP contribution in [0.3, 0.4) is 0 Å². The van der Waals surface area contributed by atoms with Crippen molar-refractivity contribution in [2.24, 2.45) is 0 Å². The number of hydrogen-bond acceptors (Lipinski definition) is 5. The average Bonchev–Trinajstić information content (AvgIpc) is 3.15. The number of rotatable bonds is 3. The van der Waals surface area contributed by atoms with Crippen LogP contribution < -0.4 is 5.32 Å². The largest absolute Gasteiger partial charge is 0.490 e. The van der Waals surface area contributed by atoms with Crippen molar-refractivity contribution in [1.82, 2.24) is 4.98 Å². The molecule has 25 heavy (non-hydrogen) atoms. The second-order valence-electron chi connectivity index (χ2n) is 4.49. The Morgan fingerprint density at radius 1 is 1.40 bits per heavy atom. The van der Waals surface area contributed by atoms with Crippen LogP contribution in [0.1, 0.15) is 4.88 Å². The molecule has 0 aliphatic rings. The summed E-state index contributed by atoms with van der Waals surface area (Å²) in [4.78, 5) is 14.5. The van der Waals surface area contributed by atoms with Gasteiger partial charge < -0.3 is 10.4 Å². The van der Waals surface area contributed by atoms with Gasteiger partial charge in [0.1, 0.15) is 5.15 Å². The number of aliphatic carboxylic acids is 1. The summed E-state index contributed by atoms with van der Waals surface area (Å²) in [7, 11) is 0. The lowest BCUT2D eigenvalue weighted by molar-refractivity contribution is -0.192. The number of carboxylic acid groups (broad SMARTS) is 1. The Balaban J connectivity index is 0.000000277. The molecular formula is C14H9BrClF3N2O2S2. The van der Waals surface area contributed by atoms with E-state index >= 15 is 0 Å². The second-order valence-corrected chi connectivity index (χ2v) is 7.64. The highest BCUT2D eigenvalue weighted by Gasteiger charge is 2.38. The summed E-state index contributed by atoms with van der Waals surface area (Å²) in [5.74, 6) is -2.76. The Labute approximate surface area is 161 Å². The molecular weight excluding hydrogens is 465 g/mol. The fourth-order valence-electron chi connectivity index (χ4n) is 1.68. The van der Waals surface area contributed by atoms with Crippen LogP contribution in [0.25, 0.3) is 10.2 Å². The molecule has 11 heteroatoms. The van der Waals surface area contributed by atoms with Crippen LogP contribution in [0.2, 0.25) is 5.15 Å². The van der Waals surface area contributed by atoms with Gasteiger partial charge in [-0.2, -0.15) is 13.2 Å². The smallest absolute Gasteiger partial charge is 0.475 e. The summed E-state index contributed by atoms with van der Waals surface area (Å²) in [6.45, 7) is 0.808. The molecule has 0 atom stereocenters. The molecule has 0 bridgehead atoms. The zero-order valence-electron chi connectivity index (χ0n) is 12.1. The Morgan fingerprint density at radius 2 is 2.08 bits per heavy atom. The normalized spacial score (nSPS) is 11.1. The highest BCUT2D eigenvalue weighted by Crippen LogP contribution is 2.35. The number of nitrogens with one attached hydrogen (secondary N) is 1. The summed E-state index contributed by atoms with van der Waals surface area (Å²) in [5, 5.41) is 15.2. The molecule has 0 aromatic carbocycles. The molecule has 0 spiro atoms. The second kappa shape index (κ2) is 8.35. The number of thiophene rings is 2. The monoisotopic (exact) mass is 472 g/mol. The number of hydrogen-bond donors (Lipinski definition) is 2. The fourth-order valence-corrected chi connectivity index (χ4v) is 4.07. The third-order valence-electron chi connectivity index (χ3n) is 2.72. The Morgan fingerprint density at radius 3 is 2.64 bits per heavy atom. The number of halogens is 5. The van der Waals surface area contributed by atoms with Gasteiger partial charge in [0.15, 0.2) is 0 Å². The first-order chi connectivity index (χ1) is 11.7. The molecule has 0 saturated heterocycles. The van der Waals surface area contributed by atoms with E-state index in [4.69, 9.17) is 21.5 Å². The van der Waals surface area contributed by atoms with Gasteiger partial charge >= 0.3 is 12.1 Å². The molecule has 3 aromatic heterocycles. The maximum atomic E-state index is 10.6. The molecule has 2 N–H and O–H groups in total. The summed E-state index contributed by atoms with van der Waals surface area (Å²) < 4.78 is 33.9. The highest BCUT2D eigenvalue weighted by atomic mass is 79.9. The van der Waals surface area contributed by atoms with E-state index in [-0.39, 0.29) is 0 Å². The van der Waals surface area contributed by atoms with Gasteiger partial charge in [-0.15, -0.1) is 22.7 Å². The molecule has 0 unspecified atom stereocenters. The first-order valence-corrected chi connectivity index (χ1v) is 9.41. The van der Waals surface area contributed by atoms with Gasteiger partial charge in [0, 0.05) is 22.9 Å². The predicted octanol–water partition coefficient (Wildman–Crippen LogP) is 6.02. The van der Waals surface area contributed by atoms with Gasteiger partial charge in [-0.1, -0.05) is 17.7 Å². The number of anilines is 1. The zero-order valence-corrected chi connectivity index (χ0v) is 16.1. The van der Waals surface area contributed by atoms with Gasteiger partial charge in [-0.25, -0.2) is 9.78 Å². The minimum atomic E-state index is -5.08. The maximum absolute atomic E-state index is 10.6. The molecule has 4 nitrogen and oxygen atoms in total. The van der Waals surface area contributed by atoms with Crippen molar-refractivity contribution in [2.45, 2.75) is 12.7 Å². The molecule has 0 radical (unpaired) electrons. The van der Waals surface area contributed by atoms with E-state index in [1.807, 2.05) is 11.4 Å². The number of pyridine rings is 1. The lowest BCUT2D eigenvalue weighted by Crippen LogP contribution is -2.21. The Hall–Kier alpha value is -1.36. The van der Waals surface area contributed by atoms with E-state index in [0.29, 0.717) is 5.15 Å². The predicted molar refractivity (Wildman–Crippen MR) is 97.7 cm³/mol. The van der Waals surface area contributed by atoms with E-state index < -0.39 is 12.1 Å². The molecule has 0 amide bonds. The van der Waals surface area contributed by atoms with Crippen molar-refractivity contribution in [1.29, 1.82) is 0 Å². The molecule has 0 fully saturated rings. The van der Waals surface area contributed by atoms with E-state index in [2.05, 4.69) is 43.7 Å². The molecule has 0 aliphatic heterocycles. The lowest BCUT2D eigenvalue weighted by atomic mass is 10.3. The fraction of sp³-hybridized carbons (Fsp3) is 0.143. The van der Waals surface area contributed by atoms with Gasteiger partial charge in [-0.3, -0.25) is 0 Å². The van der Waals surface area contributed by atoms with Crippen molar-refractivity contribution in [3.05, 3.63) is 43.5 Å². The van der Waals surface area contributed by atoms with Crippen LogP contribution in [0.15, 0.2) is 33.4 Å². The first-order valence-electron chi connectivity index (χ1n) is 6.48. The number of aromatic nitrogens is 1. The Bertz CT molecular complexity index is 869. The minimum Gasteiger partial charge on any atom is -0.475 e. The van der Waals surface area contributed by atoms with Crippen LogP contribution in [0.5, 0.6) is 0 Å². The molecule has 3 heterocycles. The lowest BCUT2D eigenvalue weighted by Gasteiger charge is -2.06. The molecule has 0 saturated carbocycles. The van der Waals surface area contributed by atoms with Crippen molar-refractivity contribution in [2.75, 3.05) is 5.32 Å². The first kappa shape index (κ1) is 20.0. The summed E-state index contributed by atoms with van der Waals surface area (Å²) in [6.07, 6.45) is -5.08. The molecule has 134 valence electrons. The van der Waals surface area contributed by atoms with E-state index in [1.54, 1.807) is 22.7 Å². The highest BCUT2D eigenvalue weighted by molar-refractivity contribution is 9.10. The van der Waals surface area contributed by atoms with E-state index in [0.717, 1.165) is 26.9 Å². The number of carboxylic acids is 1. The number of carbonyl (C=O) groups is 1. The SMILES string of the molecule is Clc1cc(NCc2cccs2)c2scc(Br)c2n1.O=C(O)C(F)(F)F. The van der Waals surface area contributed by atoms with Gasteiger partial charge in [0.2, 0.25) is 0 Å². The number of nitrogens with zero attached hydrogens (tertiary/aromatic N) is 1. The van der Waals surface area contributed by atoms with Crippen molar-refractivity contribution < 1.29 is 23.1 Å². The number of fused-ring (bicyclic) bond motifs is 1. The van der Waals surface area contributed by atoms with Crippen molar-refractivity contribution >= 4 is 72.1 Å². The maximum Gasteiger partial charge on any atom is 0.490 e. The van der Waals surface area contributed by atoms with E-state index in [9.17, 15) is 13.2 Å². The topological polar surface area (TPSA) is 62.2 Å². The zero-order chi connectivity index (χ0) is 18.6. The van der Waals surface area contributed by atoms with Crippen molar-refractivity contribution in [3.63, 3.8) is 0 Å². The van der Waals surface area contributed by atoms with Crippen LogP contribution in [0, 0.1) is 0 Å². The summed E-state index contributed by atoms with van der Waals surface area (Å²) >= 11 is 12.9. The third kappa shape index (κ3) is 5.56. The quantitative estimate of drug-likeness (QED) is 0.457.